The number of carbonyl (C=O) groups is 1. The van der Waals surface area contributed by atoms with Gasteiger partial charge in [-0.15, -0.1) is 0 Å². The molecular weight excluding hydrogens is 440 g/mol. The minimum atomic E-state index is -0.319. The van der Waals surface area contributed by atoms with Crippen molar-refractivity contribution in [2.24, 2.45) is 5.18 Å². The van der Waals surface area contributed by atoms with E-state index in [1.165, 1.54) is 5.06 Å². The van der Waals surface area contributed by atoms with E-state index in [4.69, 9.17) is 21.5 Å². The molecule has 1 aliphatic carbocycles. The molecular formula is C26H29ClN2O4. The van der Waals surface area contributed by atoms with Crippen molar-refractivity contribution in [3.8, 4) is 0 Å². The van der Waals surface area contributed by atoms with Gasteiger partial charge >= 0.3 is 0 Å². The Balaban J connectivity index is 1.73. The summed E-state index contributed by atoms with van der Waals surface area (Å²) in [4.78, 5) is 30.0. The molecule has 0 bridgehead atoms. The number of aliphatic hydroxyl groups is 1. The molecule has 33 heavy (non-hydrogen) atoms. The Bertz CT molecular complexity index is 988. The molecule has 1 N–H and O–H groups in total. The zero-order chi connectivity index (χ0) is 23.5. The lowest BCUT2D eigenvalue weighted by Gasteiger charge is -2.24. The number of amides is 1. The van der Waals surface area contributed by atoms with Gasteiger partial charge in [0, 0.05) is 17.2 Å². The van der Waals surface area contributed by atoms with Crippen LogP contribution in [-0.4, -0.2) is 41.9 Å². The zero-order valence-electron chi connectivity index (χ0n) is 18.5. The summed E-state index contributed by atoms with van der Waals surface area (Å²) in [7, 11) is 0. The van der Waals surface area contributed by atoms with E-state index in [-0.39, 0.29) is 18.6 Å². The molecule has 0 saturated heterocycles. The van der Waals surface area contributed by atoms with E-state index in [1.54, 1.807) is 6.08 Å². The average Bonchev–Trinajstić information content (AvgIpc) is 2.85. The molecule has 0 radical (unpaired) electrons. The molecule has 1 atom stereocenters. The molecule has 2 aromatic carbocycles. The third kappa shape index (κ3) is 7.63. The fourth-order valence-corrected chi connectivity index (χ4v) is 3.73. The molecule has 6 nitrogen and oxygen atoms in total. The van der Waals surface area contributed by atoms with Crippen molar-refractivity contribution >= 4 is 17.5 Å². The molecule has 1 aliphatic rings. The van der Waals surface area contributed by atoms with Crippen LogP contribution < -0.4 is 0 Å². The molecule has 1 unspecified atom stereocenters. The zero-order valence-corrected chi connectivity index (χ0v) is 19.3. The lowest BCUT2D eigenvalue weighted by molar-refractivity contribution is -0.124. The number of benzene rings is 2. The van der Waals surface area contributed by atoms with Crippen molar-refractivity contribution < 1.29 is 14.7 Å². The monoisotopic (exact) mass is 468 g/mol. The van der Waals surface area contributed by atoms with Gasteiger partial charge in [0.2, 0.25) is 0 Å². The number of allylic oxidation sites excluding steroid dienone is 1. The predicted octanol–water partition coefficient (Wildman–Crippen LogP) is 5.49. The number of unbranched alkanes of at least 4 members (excludes halogenated alkanes) is 1. The number of hydrogen-bond donors (Lipinski definition) is 1. The Hall–Kier alpha value is -2.80. The van der Waals surface area contributed by atoms with Gasteiger partial charge in [0.1, 0.15) is 6.04 Å². The van der Waals surface area contributed by atoms with Gasteiger partial charge in [0.05, 0.1) is 13.2 Å². The minimum absolute atomic E-state index is 0.0881. The van der Waals surface area contributed by atoms with Crippen molar-refractivity contribution in [1.82, 2.24) is 5.06 Å². The Morgan fingerprint density at radius 2 is 1.94 bits per heavy atom. The van der Waals surface area contributed by atoms with Crippen LogP contribution in [0.4, 0.5) is 0 Å². The molecule has 174 valence electrons. The Morgan fingerprint density at radius 1 is 1.15 bits per heavy atom. The van der Waals surface area contributed by atoms with Crippen LogP contribution in [-0.2, 0) is 11.3 Å². The number of nitroso groups, excluding NO2 is 1. The van der Waals surface area contributed by atoms with Crippen LogP contribution in [0, 0.1) is 4.91 Å². The Kier molecular flexibility index (Phi) is 9.81. The number of hydroxylamine groups is 2. The highest BCUT2D eigenvalue weighted by Crippen LogP contribution is 2.21. The summed E-state index contributed by atoms with van der Waals surface area (Å²) in [5, 5.41) is 14.2. The van der Waals surface area contributed by atoms with Crippen molar-refractivity contribution in [3.05, 3.63) is 99.0 Å². The molecule has 1 amide bonds. The van der Waals surface area contributed by atoms with Gasteiger partial charge in [-0.3, -0.25) is 9.63 Å². The maximum atomic E-state index is 13.5. The molecule has 0 aromatic heterocycles. The van der Waals surface area contributed by atoms with Crippen LogP contribution in [0.25, 0.3) is 0 Å². The van der Waals surface area contributed by atoms with Crippen LogP contribution in [0.15, 0.2) is 77.5 Å². The van der Waals surface area contributed by atoms with Crippen LogP contribution >= 0.6 is 11.6 Å². The molecule has 0 spiro atoms. The van der Waals surface area contributed by atoms with Crippen molar-refractivity contribution in [3.63, 3.8) is 0 Å². The fraction of sp³-hybridized carbons (Fsp3) is 0.346. The summed E-state index contributed by atoms with van der Waals surface area (Å²) < 4.78 is 0. The minimum Gasteiger partial charge on any atom is -0.396 e. The second-order valence-electron chi connectivity index (χ2n) is 7.93. The SMILES string of the molecule is O=NC1C=CC(CCN(OCCCCO)C(=O)c2ccccc2Cc2ccc(Cl)cc2)=CC1. The van der Waals surface area contributed by atoms with E-state index in [2.05, 4.69) is 5.18 Å². The smallest absolute Gasteiger partial charge is 0.277 e. The maximum Gasteiger partial charge on any atom is 0.277 e. The van der Waals surface area contributed by atoms with Gasteiger partial charge in [0.25, 0.3) is 5.91 Å². The molecule has 0 heterocycles. The molecule has 3 rings (SSSR count). The summed E-state index contributed by atoms with van der Waals surface area (Å²) in [6.45, 7) is 0.811. The van der Waals surface area contributed by atoms with Crippen molar-refractivity contribution in [1.29, 1.82) is 0 Å². The van der Waals surface area contributed by atoms with Gasteiger partial charge in [-0.25, -0.2) is 5.06 Å². The van der Waals surface area contributed by atoms with Crippen LogP contribution in [0.1, 0.15) is 47.2 Å². The van der Waals surface area contributed by atoms with E-state index >= 15 is 0 Å². The lowest BCUT2D eigenvalue weighted by atomic mass is 9.99. The first-order chi connectivity index (χ1) is 16.1. The summed E-state index contributed by atoms with van der Waals surface area (Å²) in [6.07, 6.45) is 8.71. The first-order valence-electron chi connectivity index (χ1n) is 11.2. The fourth-order valence-electron chi connectivity index (χ4n) is 3.60. The third-order valence-corrected chi connectivity index (χ3v) is 5.73. The molecule has 2 aromatic rings. The number of carbonyl (C=O) groups excluding carboxylic acids is 1. The molecule has 0 fully saturated rings. The van der Waals surface area contributed by atoms with E-state index in [9.17, 15) is 9.70 Å². The standard InChI is InChI=1S/C26H29ClN2O4/c27-23-11-7-21(8-12-23)19-22-5-1-2-6-25(22)26(31)29(33-18-4-3-17-30)16-15-20-9-13-24(28-32)14-10-20/h1-2,5-13,24,30H,3-4,14-19H2. The van der Waals surface area contributed by atoms with Crippen LogP contribution in [0.5, 0.6) is 0 Å². The maximum absolute atomic E-state index is 13.5. The predicted molar refractivity (Wildman–Crippen MR) is 130 cm³/mol. The Morgan fingerprint density at radius 3 is 2.64 bits per heavy atom. The van der Waals surface area contributed by atoms with Crippen molar-refractivity contribution in [2.75, 3.05) is 19.8 Å². The molecule has 7 heteroatoms. The van der Waals surface area contributed by atoms with E-state index in [0.29, 0.717) is 55.8 Å². The van der Waals surface area contributed by atoms with Gasteiger partial charge in [-0.1, -0.05) is 70.9 Å². The lowest BCUT2D eigenvalue weighted by Crippen LogP contribution is -2.33. The van der Waals surface area contributed by atoms with Gasteiger partial charge < -0.3 is 5.11 Å². The second-order valence-corrected chi connectivity index (χ2v) is 8.36. The van der Waals surface area contributed by atoms with E-state index in [1.807, 2.05) is 60.7 Å². The second kappa shape index (κ2) is 13.0. The largest absolute Gasteiger partial charge is 0.396 e. The van der Waals surface area contributed by atoms with Gasteiger partial charge in [-0.2, -0.15) is 4.91 Å². The van der Waals surface area contributed by atoms with Crippen LogP contribution in [0.3, 0.4) is 0 Å². The number of hydrogen-bond acceptors (Lipinski definition) is 5. The summed E-state index contributed by atoms with van der Waals surface area (Å²) >= 11 is 6.00. The topological polar surface area (TPSA) is 79.2 Å². The van der Waals surface area contributed by atoms with Crippen molar-refractivity contribution in [2.45, 2.75) is 38.1 Å². The number of aliphatic hydroxyl groups excluding tert-OH is 1. The highest BCUT2D eigenvalue weighted by molar-refractivity contribution is 6.30. The van der Waals surface area contributed by atoms with Crippen LogP contribution in [0.2, 0.25) is 5.02 Å². The summed E-state index contributed by atoms with van der Waals surface area (Å²) in [6, 6.07) is 14.8. The van der Waals surface area contributed by atoms with E-state index in [0.717, 1.165) is 16.7 Å². The van der Waals surface area contributed by atoms with E-state index < -0.39 is 0 Å². The average molecular weight is 469 g/mol. The first kappa shape index (κ1) is 24.8. The molecule has 0 aliphatic heterocycles. The van der Waals surface area contributed by atoms with Gasteiger partial charge in [0.15, 0.2) is 0 Å². The first-order valence-corrected chi connectivity index (χ1v) is 11.6. The quantitative estimate of drug-likeness (QED) is 0.254. The summed E-state index contributed by atoms with van der Waals surface area (Å²) in [5.41, 5.74) is 3.60. The number of halogens is 1. The Labute approximate surface area is 199 Å². The van der Waals surface area contributed by atoms with Gasteiger partial charge in [-0.05, 0) is 61.4 Å². The normalized spacial score (nSPS) is 15.2. The summed E-state index contributed by atoms with van der Waals surface area (Å²) in [5.74, 6) is -0.198. The highest BCUT2D eigenvalue weighted by atomic mass is 35.5. The molecule has 0 saturated carbocycles. The number of rotatable bonds is 12. The third-order valence-electron chi connectivity index (χ3n) is 5.47. The number of nitrogens with zero attached hydrogens (tertiary/aromatic N) is 2. The highest BCUT2D eigenvalue weighted by Gasteiger charge is 2.20.